The molecular weight excluding hydrogens is 276 g/mol. The fourth-order valence-electron chi connectivity index (χ4n) is 2.13. The van der Waals surface area contributed by atoms with Crippen LogP contribution < -0.4 is 0 Å². The van der Waals surface area contributed by atoms with E-state index in [9.17, 15) is 9.59 Å². The van der Waals surface area contributed by atoms with Crippen molar-refractivity contribution in [3.8, 4) is 0 Å². The van der Waals surface area contributed by atoms with Crippen LogP contribution >= 0.6 is 12.6 Å². The first-order valence-corrected chi connectivity index (χ1v) is 7.06. The summed E-state index contributed by atoms with van der Waals surface area (Å²) in [7, 11) is 0. The van der Waals surface area contributed by atoms with E-state index in [4.69, 9.17) is 4.74 Å². The molecule has 0 atom stereocenters. The van der Waals surface area contributed by atoms with E-state index < -0.39 is 0 Å². The van der Waals surface area contributed by atoms with Gasteiger partial charge in [-0.1, -0.05) is 6.07 Å². The number of thiol groups is 1. The maximum atomic E-state index is 12.3. The Morgan fingerprint density at radius 1 is 1.20 bits per heavy atom. The Bertz CT molecular complexity index is 499. The lowest BCUT2D eigenvalue weighted by Crippen LogP contribution is -2.50. The zero-order valence-electron chi connectivity index (χ0n) is 11.4. The summed E-state index contributed by atoms with van der Waals surface area (Å²) in [5.74, 6) is -0.0237. The third-order valence-electron chi connectivity index (χ3n) is 3.19. The van der Waals surface area contributed by atoms with Gasteiger partial charge in [-0.05, 0) is 25.1 Å². The number of carbonyl (C=O) groups is 2. The van der Waals surface area contributed by atoms with E-state index in [0.29, 0.717) is 38.3 Å². The van der Waals surface area contributed by atoms with Crippen LogP contribution in [-0.4, -0.2) is 54.6 Å². The van der Waals surface area contributed by atoms with E-state index in [1.54, 1.807) is 28.9 Å². The predicted octanol–water partition coefficient (Wildman–Crippen LogP) is 1.89. The molecule has 20 heavy (non-hydrogen) atoms. The van der Waals surface area contributed by atoms with Gasteiger partial charge in [0.2, 0.25) is 0 Å². The number of rotatable bonds is 2. The first-order valence-electron chi connectivity index (χ1n) is 6.62. The molecule has 2 amide bonds. The minimum atomic E-state index is -0.308. The molecule has 1 fully saturated rings. The molecule has 108 valence electrons. The Balaban J connectivity index is 1.93. The zero-order valence-corrected chi connectivity index (χ0v) is 12.3. The Labute approximate surface area is 123 Å². The molecule has 1 aromatic carbocycles. The van der Waals surface area contributed by atoms with E-state index in [1.165, 1.54) is 0 Å². The average Bonchev–Trinajstić information content (AvgIpc) is 2.47. The van der Waals surface area contributed by atoms with E-state index in [0.717, 1.165) is 4.90 Å². The molecular formula is C14H18N2O3S. The molecule has 0 aliphatic carbocycles. The molecule has 1 aliphatic rings. The topological polar surface area (TPSA) is 49.9 Å². The smallest absolute Gasteiger partial charge is 0.409 e. The van der Waals surface area contributed by atoms with E-state index in [1.807, 2.05) is 12.1 Å². The lowest BCUT2D eigenvalue weighted by Gasteiger charge is -2.34. The van der Waals surface area contributed by atoms with Gasteiger partial charge in [-0.15, -0.1) is 12.6 Å². The molecule has 0 radical (unpaired) electrons. The standard InChI is InChI=1S/C14H18N2O3S/c1-2-19-14(18)16-8-6-15(7-9-16)13(17)11-4-3-5-12(20)10-11/h3-5,10,20H,2,6-9H2,1H3. The van der Waals surface area contributed by atoms with Crippen molar-refractivity contribution in [3.05, 3.63) is 29.8 Å². The molecule has 0 N–H and O–H groups in total. The highest BCUT2D eigenvalue weighted by atomic mass is 32.1. The Morgan fingerprint density at radius 3 is 2.45 bits per heavy atom. The van der Waals surface area contributed by atoms with Gasteiger partial charge in [0.15, 0.2) is 0 Å². The second kappa shape index (κ2) is 6.65. The van der Waals surface area contributed by atoms with E-state index >= 15 is 0 Å². The third-order valence-corrected chi connectivity index (χ3v) is 3.46. The molecule has 0 saturated carbocycles. The molecule has 0 aromatic heterocycles. The molecule has 0 bridgehead atoms. The Kier molecular flexibility index (Phi) is 4.89. The Morgan fingerprint density at radius 2 is 1.85 bits per heavy atom. The van der Waals surface area contributed by atoms with Gasteiger partial charge in [0.25, 0.3) is 5.91 Å². The first-order chi connectivity index (χ1) is 9.61. The van der Waals surface area contributed by atoms with Crippen molar-refractivity contribution in [3.63, 3.8) is 0 Å². The van der Waals surface area contributed by atoms with Crippen molar-refractivity contribution in [1.82, 2.24) is 9.80 Å². The van der Waals surface area contributed by atoms with Gasteiger partial charge in [-0.25, -0.2) is 4.79 Å². The summed E-state index contributed by atoms with van der Waals surface area (Å²) in [6.07, 6.45) is -0.308. The third kappa shape index (κ3) is 3.45. The van der Waals surface area contributed by atoms with Crippen LogP contribution in [0.4, 0.5) is 4.79 Å². The number of hydrogen-bond acceptors (Lipinski definition) is 4. The molecule has 6 heteroatoms. The highest BCUT2D eigenvalue weighted by Gasteiger charge is 2.25. The quantitative estimate of drug-likeness (QED) is 0.847. The van der Waals surface area contributed by atoms with Crippen LogP contribution in [0, 0.1) is 0 Å². The van der Waals surface area contributed by atoms with Gasteiger partial charge in [0.1, 0.15) is 0 Å². The molecule has 1 saturated heterocycles. The van der Waals surface area contributed by atoms with Crippen LogP contribution in [-0.2, 0) is 4.74 Å². The summed E-state index contributed by atoms with van der Waals surface area (Å²) in [4.78, 5) is 28.0. The summed E-state index contributed by atoms with van der Waals surface area (Å²) < 4.78 is 4.95. The summed E-state index contributed by atoms with van der Waals surface area (Å²) >= 11 is 4.24. The minimum Gasteiger partial charge on any atom is -0.450 e. The number of ether oxygens (including phenoxy) is 1. The zero-order chi connectivity index (χ0) is 14.5. The number of piperazine rings is 1. The Hall–Kier alpha value is -1.69. The average molecular weight is 294 g/mol. The van der Waals surface area contributed by atoms with Crippen molar-refractivity contribution >= 4 is 24.6 Å². The summed E-state index contributed by atoms with van der Waals surface area (Å²) in [6, 6.07) is 7.17. The molecule has 5 nitrogen and oxygen atoms in total. The van der Waals surface area contributed by atoms with Crippen molar-refractivity contribution in [1.29, 1.82) is 0 Å². The second-order valence-electron chi connectivity index (χ2n) is 4.53. The van der Waals surface area contributed by atoms with Crippen molar-refractivity contribution in [2.75, 3.05) is 32.8 Å². The van der Waals surface area contributed by atoms with Crippen LogP contribution in [0.3, 0.4) is 0 Å². The number of amides is 2. The van der Waals surface area contributed by atoms with Crippen LogP contribution in [0.1, 0.15) is 17.3 Å². The number of hydrogen-bond donors (Lipinski definition) is 1. The fraction of sp³-hybridized carbons (Fsp3) is 0.429. The predicted molar refractivity (Wildman–Crippen MR) is 78.2 cm³/mol. The first kappa shape index (κ1) is 14.7. The second-order valence-corrected chi connectivity index (χ2v) is 5.04. The SMILES string of the molecule is CCOC(=O)N1CCN(C(=O)c2cccc(S)c2)CC1. The van der Waals surface area contributed by atoms with Crippen LogP contribution in [0.5, 0.6) is 0 Å². The van der Waals surface area contributed by atoms with Crippen molar-refractivity contribution in [2.24, 2.45) is 0 Å². The number of nitrogens with zero attached hydrogens (tertiary/aromatic N) is 2. The molecule has 1 heterocycles. The van der Waals surface area contributed by atoms with Gasteiger partial charge in [0, 0.05) is 36.6 Å². The van der Waals surface area contributed by atoms with E-state index in [2.05, 4.69) is 12.6 Å². The van der Waals surface area contributed by atoms with E-state index in [-0.39, 0.29) is 12.0 Å². The number of benzene rings is 1. The van der Waals surface area contributed by atoms with Crippen molar-refractivity contribution < 1.29 is 14.3 Å². The molecule has 1 aliphatic heterocycles. The summed E-state index contributed by atoms with van der Waals surface area (Å²) in [6.45, 7) is 4.20. The maximum Gasteiger partial charge on any atom is 0.409 e. The maximum absolute atomic E-state index is 12.3. The van der Waals surface area contributed by atoms with Crippen LogP contribution in [0.2, 0.25) is 0 Å². The summed E-state index contributed by atoms with van der Waals surface area (Å²) in [5, 5.41) is 0. The van der Waals surface area contributed by atoms with Gasteiger partial charge >= 0.3 is 6.09 Å². The van der Waals surface area contributed by atoms with Crippen molar-refractivity contribution in [2.45, 2.75) is 11.8 Å². The lowest BCUT2D eigenvalue weighted by atomic mass is 10.2. The number of carbonyl (C=O) groups excluding carboxylic acids is 2. The molecule has 0 unspecified atom stereocenters. The normalized spacial score (nSPS) is 15.1. The van der Waals surface area contributed by atoms with Gasteiger partial charge in [0.05, 0.1) is 6.61 Å². The highest BCUT2D eigenvalue weighted by Crippen LogP contribution is 2.13. The van der Waals surface area contributed by atoms with Gasteiger partial charge in [-0.3, -0.25) is 4.79 Å². The lowest BCUT2D eigenvalue weighted by molar-refractivity contribution is 0.0570. The van der Waals surface area contributed by atoms with Gasteiger partial charge in [-0.2, -0.15) is 0 Å². The van der Waals surface area contributed by atoms with Crippen LogP contribution in [0.15, 0.2) is 29.2 Å². The molecule has 2 rings (SSSR count). The molecule has 1 aromatic rings. The summed E-state index contributed by atoms with van der Waals surface area (Å²) in [5.41, 5.74) is 0.627. The highest BCUT2D eigenvalue weighted by molar-refractivity contribution is 7.80. The monoisotopic (exact) mass is 294 g/mol. The van der Waals surface area contributed by atoms with Gasteiger partial charge < -0.3 is 14.5 Å². The van der Waals surface area contributed by atoms with Crippen LogP contribution in [0.25, 0.3) is 0 Å². The minimum absolute atomic E-state index is 0.0237. The molecule has 0 spiro atoms. The largest absolute Gasteiger partial charge is 0.450 e. The fourth-order valence-corrected chi connectivity index (χ4v) is 2.35.